The molecule has 0 fully saturated rings. The second-order valence-electron chi connectivity index (χ2n) is 5.17. The van der Waals surface area contributed by atoms with E-state index in [0.29, 0.717) is 12.1 Å². The SMILES string of the molecule is O=C(CNC(=O)Cc1ccc(F)cc1)NCCc1ccccc1. The number of carbonyl (C=O) groups excluding carboxylic acids is 2. The van der Waals surface area contributed by atoms with Crippen LogP contribution in [-0.4, -0.2) is 24.9 Å². The van der Waals surface area contributed by atoms with Crippen molar-refractivity contribution in [3.05, 3.63) is 71.5 Å². The number of nitrogens with one attached hydrogen (secondary N) is 2. The molecule has 0 aromatic heterocycles. The van der Waals surface area contributed by atoms with Crippen LogP contribution in [0.3, 0.4) is 0 Å². The van der Waals surface area contributed by atoms with E-state index in [1.165, 1.54) is 12.1 Å². The zero-order valence-corrected chi connectivity index (χ0v) is 12.7. The van der Waals surface area contributed by atoms with E-state index in [-0.39, 0.29) is 30.6 Å². The maximum absolute atomic E-state index is 12.8. The summed E-state index contributed by atoms with van der Waals surface area (Å²) in [5, 5.41) is 5.30. The van der Waals surface area contributed by atoms with Gasteiger partial charge in [0.25, 0.3) is 0 Å². The van der Waals surface area contributed by atoms with Gasteiger partial charge in [0.05, 0.1) is 13.0 Å². The lowest BCUT2D eigenvalue weighted by molar-refractivity contribution is -0.125. The highest BCUT2D eigenvalue weighted by atomic mass is 19.1. The summed E-state index contributed by atoms with van der Waals surface area (Å²) in [6, 6.07) is 15.5. The molecule has 5 heteroatoms. The molecule has 0 atom stereocenters. The van der Waals surface area contributed by atoms with Gasteiger partial charge in [0.1, 0.15) is 5.82 Å². The first-order valence-corrected chi connectivity index (χ1v) is 7.45. The monoisotopic (exact) mass is 314 g/mol. The minimum absolute atomic E-state index is 0.0607. The summed E-state index contributed by atoms with van der Waals surface area (Å²) < 4.78 is 12.8. The molecule has 2 rings (SSSR count). The van der Waals surface area contributed by atoms with Crippen LogP contribution in [-0.2, 0) is 22.4 Å². The summed E-state index contributed by atoms with van der Waals surface area (Å²) in [4.78, 5) is 23.4. The van der Waals surface area contributed by atoms with E-state index in [1.807, 2.05) is 30.3 Å². The van der Waals surface area contributed by atoms with Crippen LogP contribution in [0.15, 0.2) is 54.6 Å². The van der Waals surface area contributed by atoms with Crippen molar-refractivity contribution >= 4 is 11.8 Å². The minimum atomic E-state index is -0.341. The fourth-order valence-corrected chi connectivity index (χ4v) is 2.08. The van der Waals surface area contributed by atoms with E-state index in [4.69, 9.17) is 0 Å². The van der Waals surface area contributed by atoms with Crippen molar-refractivity contribution in [2.75, 3.05) is 13.1 Å². The summed E-state index contributed by atoms with van der Waals surface area (Å²) in [6.07, 6.45) is 0.869. The average Bonchev–Trinajstić information content (AvgIpc) is 2.56. The van der Waals surface area contributed by atoms with Crippen LogP contribution in [0.2, 0.25) is 0 Å². The zero-order chi connectivity index (χ0) is 16.5. The maximum Gasteiger partial charge on any atom is 0.239 e. The number of hydrogen-bond donors (Lipinski definition) is 2. The number of hydrogen-bond acceptors (Lipinski definition) is 2. The van der Waals surface area contributed by atoms with Crippen molar-refractivity contribution < 1.29 is 14.0 Å². The molecule has 0 aliphatic rings. The van der Waals surface area contributed by atoms with Crippen LogP contribution in [0.1, 0.15) is 11.1 Å². The van der Waals surface area contributed by atoms with Crippen LogP contribution in [0.5, 0.6) is 0 Å². The maximum atomic E-state index is 12.8. The summed E-state index contributed by atoms with van der Waals surface area (Å²) in [5.74, 6) is -0.838. The first-order valence-electron chi connectivity index (χ1n) is 7.45. The van der Waals surface area contributed by atoms with Crippen molar-refractivity contribution in [2.45, 2.75) is 12.8 Å². The molecule has 23 heavy (non-hydrogen) atoms. The van der Waals surface area contributed by atoms with Gasteiger partial charge in [0.15, 0.2) is 0 Å². The highest BCUT2D eigenvalue weighted by molar-refractivity contribution is 5.85. The Bertz CT molecular complexity index is 642. The Balaban J connectivity index is 1.63. The summed E-state index contributed by atoms with van der Waals surface area (Å²) in [5.41, 5.74) is 1.85. The van der Waals surface area contributed by atoms with Crippen LogP contribution >= 0.6 is 0 Å². The Morgan fingerprint density at radius 1 is 0.826 bits per heavy atom. The van der Waals surface area contributed by atoms with Crippen molar-refractivity contribution in [2.24, 2.45) is 0 Å². The second kappa shape index (κ2) is 8.68. The zero-order valence-electron chi connectivity index (χ0n) is 12.7. The van der Waals surface area contributed by atoms with Gasteiger partial charge in [-0.3, -0.25) is 9.59 Å². The largest absolute Gasteiger partial charge is 0.354 e. The summed E-state index contributed by atoms with van der Waals surface area (Å²) >= 11 is 0. The molecule has 0 unspecified atom stereocenters. The topological polar surface area (TPSA) is 58.2 Å². The fourth-order valence-electron chi connectivity index (χ4n) is 2.08. The highest BCUT2D eigenvalue weighted by Crippen LogP contribution is 2.03. The van der Waals surface area contributed by atoms with E-state index in [1.54, 1.807) is 12.1 Å². The predicted octanol–water partition coefficient (Wildman–Crippen LogP) is 1.84. The van der Waals surface area contributed by atoms with E-state index in [9.17, 15) is 14.0 Å². The molecule has 2 amide bonds. The molecule has 4 nitrogen and oxygen atoms in total. The van der Waals surface area contributed by atoms with Crippen LogP contribution in [0, 0.1) is 5.82 Å². The molecule has 0 aliphatic carbocycles. The molecule has 2 aromatic rings. The van der Waals surface area contributed by atoms with Gasteiger partial charge in [-0.25, -0.2) is 4.39 Å². The fraction of sp³-hybridized carbons (Fsp3) is 0.222. The number of carbonyl (C=O) groups is 2. The van der Waals surface area contributed by atoms with Gasteiger partial charge in [-0.1, -0.05) is 42.5 Å². The number of halogens is 1. The molecule has 120 valence electrons. The number of benzene rings is 2. The molecule has 2 aromatic carbocycles. The van der Waals surface area contributed by atoms with Crippen molar-refractivity contribution in [1.82, 2.24) is 10.6 Å². The summed E-state index contributed by atoms with van der Waals surface area (Å²) in [6.45, 7) is 0.464. The van der Waals surface area contributed by atoms with Gasteiger partial charge in [-0.2, -0.15) is 0 Å². The first kappa shape index (κ1) is 16.7. The molecule has 0 saturated heterocycles. The third kappa shape index (κ3) is 6.30. The van der Waals surface area contributed by atoms with Gasteiger partial charge in [0.2, 0.25) is 11.8 Å². The highest BCUT2D eigenvalue weighted by Gasteiger charge is 2.06. The molecule has 0 saturated carbocycles. The lowest BCUT2D eigenvalue weighted by atomic mass is 10.1. The van der Waals surface area contributed by atoms with E-state index >= 15 is 0 Å². The minimum Gasteiger partial charge on any atom is -0.354 e. The molecule has 0 spiro atoms. The second-order valence-corrected chi connectivity index (χ2v) is 5.17. The normalized spacial score (nSPS) is 10.1. The molecular formula is C18H19FN2O2. The van der Waals surface area contributed by atoms with E-state index < -0.39 is 0 Å². The summed E-state index contributed by atoms with van der Waals surface area (Å²) in [7, 11) is 0. The van der Waals surface area contributed by atoms with Crippen molar-refractivity contribution in [3.63, 3.8) is 0 Å². The van der Waals surface area contributed by atoms with Gasteiger partial charge >= 0.3 is 0 Å². The Labute approximate surface area is 134 Å². The molecule has 0 aliphatic heterocycles. The number of rotatable bonds is 7. The molecule has 0 radical (unpaired) electrons. The van der Waals surface area contributed by atoms with Gasteiger partial charge in [-0.05, 0) is 29.7 Å². The lowest BCUT2D eigenvalue weighted by Crippen LogP contribution is -2.38. The third-order valence-corrected chi connectivity index (χ3v) is 3.30. The van der Waals surface area contributed by atoms with Crippen LogP contribution in [0.4, 0.5) is 4.39 Å². The standard InChI is InChI=1S/C18H19FN2O2/c19-16-8-6-15(7-9-16)12-17(22)21-13-18(23)20-11-10-14-4-2-1-3-5-14/h1-9H,10-13H2,(H,20,23)(H,21,22). The van der Waals surface area contributed by atoms with Gasteiger partial charge < -0.3 is 10.6 Å². The predicted molar refractivity (Wildman–Crippen MR) is 86.3 cm³/mol. The molecule has 2 N–H and O–H groups in total. The quantitative estimate of drug-likeness (QED) is 0.819. The number of amides is 2. The smallest absolute Gasteiger partial charge is 0.239 e. The Morgan fingerprint density at radius 2 is 1.52 bits per heavy atom. The van der Waals surface area contributed by atoms with E-state index in [2.05, 4.69) is 10.6 Å². The van der Waals surface area contributed by atoms with Crippen LogP contribution in [0.25, 0.3) is 0 Å². The third-order valence-electron chi connectivity index (χ3n) is 3.30. The average molecular weight is 314 g/mol. The molecule has 0 heterocycles. The van der Waals surface area contributed by atoms with Crippen LogP contribution < -0.4 is 10.6 Å². The Morgan fingerprint density at radius 3 is 2.22 bits per heavy atom. The molecule has 0 bridgehead atoms. The van der Waals surface area contributed by atoms with Gasteiger partial charge in [0, 0.05) is 6.54 Å². The van der Waals surface area contributed by atoms with Crippen molar-refractivity contribution in [1.29, 1.82) is 0 Å². The molecular weight excluding hydrogens is 295 g/mol. The van der Waals surface area contributed by atoms with Gasteiger partial charge in [-0.15, -0.1) is 0 Å². The Kier molecular flexibility index (Phi) is 6.29. The first-order chi connectivity index (χ1) is 11.1. The van der Waals surface area contributed by atoms with Crippen molar-refractivity contribution in [3.8, 4) is 0 Å². The lowest BCUT2D eigenvalue weighted by Gasteiger charge is -2.07. The van der Waals surface area contributed by atoms with E-state index in [0.717, 1.165) is 12.0 Å². The Hall–Kier alpha value is -2.69.